The summed E-state index contributed by atoms with van der Waals surface area (Å²) in [5, 5.41) is 7.33. The SMILES string of the molecule is CCN(CC)[C@@H](CNC(=O)[C@H](C)n1ccnc1)c1ccsc1. The molecule has 1 N–H and O–H groups in total. The molecule has 0 saturated carbocycles. The third kappa shape index (κ3) is 3.96. The summed E-state index contributed by atoms with van der Waals surface area (Å²) in [4.78, 5) is 18.7. The molecule has 0 unspecified atom stereocenters. The van der Waals surface area contributed by atoms with Crippen molar-refractivity contribution >= 4 is 17.2 Å². The number of hydrogen-bond acceptors (Lipinski definition) is 4. The van der Waals surface area contributed by atoms with Crippen LogP contribution in [-0.2, 0) is 4.79 Å². The zero-order valence-electron chi connectivity index (χ0n) is 13.4. The summed E-state index contributed by atoms with van der Waals surface area (Å²) in [6.45, 7) is 8.73. The van der Waals surface area contributed by atoms with E-state index in [1.807, 2.05) is 17.7 Å². The van der Waals surface area contributed by atoms with E-state index in [1.165, 1.54) is 5.56 Å². The number of amides is 1. The fourth-order valence-corrected chi connectivity index (χ4v) is 3.27. The van der Waals surface area contributed by atoms with Crippen molar-refractivity contribution in [1.82, 2.24) is 19.8 Å². The summed E-state index contributed by atoms with van der Waals surface area (Å²) in [6.07, 6.45) is 5.17. The molecule has 5 nitrogen and oxygen atoms in total. The molecule has 0 aliphatic heterocycles. The van der Waals surface area contributed by atoms with Crippen LogP contribution < -0.4 is 5.32 Å². The fraction of sp³-hybridized carbons (Fsp3) is 0.500. The van der Waals surface area contributed by atoms with Crippen molar-refractivity contribution in [3.8, 4) is 0 Å². The molecular formula is C16H24N4OS. The number of hydrogen-bond donors (Lipinski definition) is 1. The van der Waals surface area contributed by atoms with Gasteiger partial charge in [0.25, 0.3) is 0 Å². The highest BCUT2D eigenvalue weighted by Gasteiger charge is 2.21. The van der Waals surface area contributed by atoms with Crippen LogP contribution in [0.15, 0.2) is 35.5 Å². The van der Waals surface area contributed by atoms with E-state index in [1.54, 1.807) is 23.9 Å². The van der Waals surface area contributed by atoms with Crippen molar-refractivity contribution < 1.29 is 4.79 Å². The average Bonchev–Trinajstić information content (AvgIpc) is 3.23. The largest absolute Gasteiger partial charge is 0.352 e. The van der Waals surface area contributed by atoms with Gasteiger partial charge in [-0.1, -0.05) is 13.8 Å². The van der Waals surface area contributed by atoms with E-state index >= 15 is 0 Å². The number of rotatable bonds is 8. The maximum absolute atomic E-state index is 12.3. The lowest BCUT2D eigenvalue weighted by Gasteiger charge is -2.30. The van der Waals surface area contributed by atoms with Gasteiger partial charge in [0.05, 0.1) is 12.4 Å². The molecule has 22 heavy (non-hydrogen) atoms. The maximum Gasteiger partial charge on any atom is 0.242 e. The zero-order valence-corrected chi connectivity index (χ0v) is 14.2. The van der Waals surface area contributed by atoms with Crippen LogP contribution in [0.4, 0.5) is 0 Å². The zero-order chi connectivity index (χ0) is 15.9. The van der Waals surface area contributed by atoms with Gasteiger partial charge in [-0.05, 0) is 42.4 Å². The summed E-state index contributed by atoms with van der Waals surface area (Å²) < 4.78 is 1.81. The van der Waals surface area contributed by atoms with E-state index in [9.17, 15) is 4.79 Å². The van der Waals surface area contributed by atoms with Gasteiger partial charge in [0.15, 0.2) is 0 Å². The van der Waals surface area contributed by atoms with Gasteiger partial charge in [-0.25, -0.2) is 4.98 Å². The van der Waals surface area contributed by atoms with Crippen LogP contribution >= 0.6 is 11.3 Å². The number of aromatic nitrogens is 2. The Morgan fingerprint density at radius 1 is 1.45 bits per heavy atom. The molecule has 0 aliphatic carbocycles. The van der Waals surface area contributed by atoms with Crippen molar-refractivity contribution in [1.29, 1.82) is 0 Å². The van der Waals surface area contributed by atoms with Gasteiger partial charge in [-0.15, -0.1) is 0 Å². The standard InChI is InChI=1S/C16H24N4OS/c1-4-19(5-2)15(14-6-9-22-11-14)10-18-16(21)13(3)20-8-7-17-12-20/h6-9,11-13,15H,4-5,10H2,1-3H3,(H,18,21)/t13-,15-/m0/s1. The van der Waals surface area contributed by atoms with E-state index in [4.69, 9.17) is 0 Å². The molecular weight excluding hydrogens is 296 g/mol. The Bertz CT molecular complexity index is 549. The van der Waals surface area contributed by atoms with Gasteiger partial charge in [0.1, 0.15) is 6.04 Å². The van der Waals surface area contributed by atoms with Crippen LogP contribution in [0.2, 0.25) is 0 Å². The van der Waals surface area contributed by atoms with Gasteiger partial charge in [-0.3, -0.25) is 9.69 Å². The predicted octanol–water partition coefficient (Wildman–Crippen LogP) is 2.70. The van der Waals surface area contributed by atoms with Gasteiger partial charge >= 0.3 is 0 Å². The Labute approximate surface area is 136 Å². The number of carbonyl (C=O) groups is 1. The lowest BCUT2D eigenvalue weighted by Crippen LogP contribution is -2.40. The molecule has 0 aliphatic rings. The second-order valence-corrected chi connectivity index (χ2v) is 6.00. The first kappa shape index (κ1) is 16.7. The van der Waals surface area contributed by atoms with E-state index in [0.717, 1.165) is 13.1 Å². The van der Waals surface area contributed by atoms with Crippen molar-refractivity contribution in [3.05, 3.63) is 41.1 Å². The molecule has 0 bridgehead atoms. The second kappa shape index (κ2) is 8.10. The molecule has 0 saturated heterocycles. The maximum atomic E-state index is 12.3. The first-order valence-corrected chi connectivity index (χ1v) is 8.62. The number of nitrogens with zero attached hydrogens (tertiary/aromatic N) is 3. The van der Waals surface area contributed by atoms with Gasteiger partial charge in [0.2, 0.25) is 5.91 Å². The molecule has 120 valence electrons. The molecule has 2 atom stereocenters. The topological polar surface area (TPSA) is 50.2 Å². The summed E-state index contributed by atoms with van der Waals surface area (Å²) in [5.74, 6) is 0.0189. The lowest BCUT2D eigenvalue weighted by atomic mass is 10.1. The van der Waals surface area contributed by atoms with Crippen LogP contribution in [0.25, 0.3) is 0 Å². The molecule has 2 aromatic rings. The first-order chi connectivity index (χ1) is 10.7. The lowest BCUT2D eigenvalue weighted by molar-refractivity contribution is -0.124. The van der Waals surface area contributed by atoms with Gasteiger partial charge < -0.3 is 9.88 Å². The van der Waals surface area contributed by atoms with Crippen LogP contribution in [0.3, 0.4) is 0 Å². The molecule has 0 spiro atoms. The predicted molar refractivity (Wildman–Crippen MR) is 89.9 cm³/mol. The fourth-order valence-electron chi connectivity index (χ4n) is 2.57. The van der Waals surface area contributed by atoms with E-state index in [2.05, 4.69) is 45.9 Å². The Morgan fingerprint density at radius 3 is 2.77 bits per heavy atom. The number of thiophene rings is 1. The number of nitrogens with one attached hydrogen (secondary N) is 1. The van der Waals surface area contributed by atoms with Crippen LogP contribution in [0.5, 0.6) is 0 Å². The normalized spacial score (nSPS) is 14.0. The quantitative estimate of drug-likeness (QED) is 0.813. The Morgan fingerprint density at radius 2 is 2.23 bits per heavy atom. The van der Waals surface area contributed by atoms with Crippen LogP contribution in [0.1, 0.15) is 38.4 Å². The Hall–Kier alpha value is -1.66. The van der Waals surface area contributed by atoms with E-state index in [-0.39, 0.29) is 18.0 Å². The molecule has 6 heteroatoms. The van der Waals surface area contributed by atoms with Gasteiger partial charge in [-0.2, -0.15) is 11.3 Å². The summed E-state index contributed by atoms with van der Waals surface area (Å²) >= 11 is 1.69. The van der Waals surface area contributed by atoms with Crippen LogP contribution in [-0.4, -0.2) is 40.0 Å². The minimum absolute atomic E-state index is 0.0189. The van der Waals surface area contributed by atoms with Crippen molar-refractivity contribution in [3.63, 3.8) is 0 Å². The molecule has 2 rings (SSSR count). The number of imidazole rings is 1. The minimum atomic E-state index is -0.248. The molecule has 1 amide bonds. The highest BCUT2D eigenvalue weighted by molar-refractivity contribution is 7.07. The van der Waals surface area contributed by atoms with E-state index in [0.29, 0.717) is 6.54 Å². The Balaban J connectivity index is 2.00. The monoisotopic (exact) mass is 320 g/mol. The third-order valence-electron chi connectivity index (χ3n) is 4.00. The third-order valence-corrected chi connectivity index (χ3v) is 4.70. The average molecular weight is 320 g/mol. The number of likely N-dealkylation sites (N-methyl/N-ethyl adjacent to an activating group) is 1. The van der Waals surface area contributed by atoms with Crippen molar-refractivity contribution in [2.24, 2.45) is 0 Å². The van der Waals surface area contributed by atoms with E-state index < -0.39 is 0 Å². The minimum Gasteiger partial charge on any atom is -0.352 e. The summed E-state index contributed by atoms with van der Waals surface area (Å²) in [5.41, 5.74) is 1.27. The smallest absolute Gasteiger partial charge is 0.242 e. The molecule has 0 fully saturated rings. The highest BCUT2D eigenvalue weighted by Crippen LogP contribution is 2.22. The molecule has 0 aromatic carbocycles. The molecule has 0 radical (unpaired) electrons. The molecule has 2 heterocycles. The van der Waals surface area contributed by atoms with Crippen molar-refractivity contribution in [2.45, 2.75) is 32.9 Å². The van der Waals surface area contributed by atoms with Crippen LogP contribution in [0, 0.1) is 0 Å². The molecule has 2 aromatic heterocycles. The first-order valence-electron chi connectivity index (χ1n) is 7.68. The highest BCUT2D eigenvalue weighted by atomic mass is 32.1. The van der Waals surface area contributed by atoms with Crippen molar-refractivity contribution in [2.75, 3.05) is 19.6 Å². The number of carbonyl (C=O) groups excluding carboxylic acids is 1. The summed E-state index contributed by atoms with van der Waals surface area (Å²) in [6, 6.07) is 2.11. The second-order valence-electron chi connectivity index (χ2n) is 5.22. The Kier molecular flexibility index (Phi) is 6.15. The summed E-state index contributed by atoms with van der Waals surface area (Å²) in [7, 11) is 0. The van der Waals surface area contributed by atoms with Gasteiger partial charge in [0, 0.05) is 18.9 Å².